The molecule has 11 heteroatoms. The molecule has 3 heterocycles. The number of imidazole rings is 1. The molecule has 0 saturated carbocycles. The summed E-state index contributed by atoms with van der Waals surface area (Å²) in [5, 5.41) is 22.4. The molecule has 0 spiro atoms. The number of H-pyrrole nitrogens is 2. The van der Waals surface area contributed by atoms with Crippen LogP contribution >= 0.6 is 11.6 Å². The van der Waals surface area contributed by atoms with Gasteiger partial charge in [0.25, 0.3) is 0 Å². The van der Waals surface area contributed by atoms with E-state index in [0.717, 1.165) is 5.56 Å². The number of hydrogen-bond acceptors (Lipinski definition) is 5. The van der Waals surface area contributed by atoms with Crippen molar-refractivity contribution in [2.45, 2.75) is 13.0 Å². The summed E-state index contributed by atoms with van der Waals surface area (Å²) in [6, 6.07) is 16.8. The Balaban J connectivity index is 1.47. The molecular weight excluding hydrogens is 483 g/mol. The fourth-order valence-electron chi connectivity index (χ4n) is 4.39. The van der Waals surface area contributed by atoms with Crippen LogP contribution < -0.4 is 5.69 Å². The highest BCUT2D eigenvalue weighted by atomic mass is 35.5. The van der Waals surface area contributed by atoms with Crippen LogP contribution in [0, 0.1) is 17.1 Å². The first kappa shape index (κ1) is 21.8. The molecule has 1 unspecified atom stereocenters. The molecule has 6 rings (SSSR count). The predicted octanol–water partition coefficient (Wildman–Crippen LogP) is 4.73. The topological polar surface area (TPSA) is 121 Å². The molecule has 9 nitrogen and oxygen atoms in total. The number of hydrogen-bond donors (Lipinski definition) is 2. The van der Waals surface area contributed by atoms with Gasteiger partial charge in [-0.2, -0.15) is 10.4 Å². The molecular formula is C25H16ClFN8O. The van der Waals surface area contributed by atoms with Gasteiger partial charge < -0.3 is 9.97 Å². The van der Waals surface area contributed by atoms with Crippen LogP contribution in [0.5, 0.6) is 0 Å². The van der Waals surface area contributed by atoms with Gasteiger partial charge >= 0.3 is 5.69 Å². The predicted molar refractivity (Wildman–Crippen MR) is 133 cm³/mol. The Morgan fingerprint density at radius 3 is 2.72 bits per heavy atom. The van der Waals surface area contributed by atoms with Crippen molar-refractivity contribution in [2.75, 3.05) is 0 Å². The van der Waals surface area contributed by atoms with Crippen molar-refractivity contribution in [1.29, 1.82) is 5.26 Å². The van der Waals surface area contributed by atoms with Crippen molar-refractivity contribution in [2.24, 2.45) is 0 Å². The first-order chi connectivity index (χ1) is 17.4. The van der Waals surface area contributed by atoms with E-state index >= 15 is 0 Å². The second kappa shape index (κ2) is 8.18. The van der Waals surface area contributed by atoms with Crippen LogP contribution in [0.4, 0.5) is 4.39 Å². The molecule has 3 aromatic carbocycles. The number of fused-ring (bicyclic) bond motifs is 2. The first-order valence-electron chi connectivity index (χ1n) is 10.9. The Labute approximate surface area is 207 Å². The van der Waals surface area contributed by atoms with Gasteiger partial charge in [-0.15, -0.1) is 5.10 Å². The number of nitriles is 1. The molecule has 36 heavy (non-hydrogen) atoms. The maximum Gasteiger partial charge on any atom is 0.323 e. The molecule has 0 aliphatic carbocycles. The summed E-state index contributed by atoms with van der Waals surface area (Å²) >= 11 is 6.60. The third-order valence-electron chi connectivity index (χ3n) is 6.16. The van der Waals surface area contributed by atoms with Gasteiger partial charge in [-0.25, -0.2) is 13.9 Å². The largest absolute Gasteiger partial charge is 0.323 e. The summed E-state index contributed by atoms with van der Waals surface area (Å²) < 4.78 is 18.1. The van der Waals surface area contributed by atoms with Crippen molar-refractivity contribution in [1.82, 2.24) is 34.7 Å². The van der Waals surface area contributed by atoms with E-state index < -0.39 is 11.9 Å². The maximum atomic E-state index is 14.7. The van der Waals surface area contributed by atoms with Crippen LogP contribution in [0.2, 0.25) is 5.02 Å². The lowest BCUT2D eigenvalue weighted by atomic mass is 10.0. The van der Waals surface area contributed by atoms with Crippen molar-refractivity contribution in [3.8, 4) is 23.0 Å². The molecule has 0 bridgehead atoms. The van der Waals surface area contributed by atoms with E-state index in [1.165, 1.54) is 6.07 Å². The van der Waals surface area contributed by atoms with Gasteiger partial charge in [0, 0.05) is 17.3 Å². The lowest BCUT2D eigenvalue weighted by molar-refractivity contribution is 0.525. The van der Waals surface area contributed by atoms with Gasteiger partial charge in [0.15, 0.2) is 0 Å². The summed E-state index contributed by atoms with van der Waals surface area (Å²) in [4.78, 5) is 17.1. The lowest BCUT2D eigenvalue weighted by Gasteiger charge is -2.17. The fourth-order valence-corrected chi connectivity index (χ4v) is 4.64. The highest BCUT2D eigenvalue weighted by Crippen LogP contribution is 2.33. The van der Waals surface area contributed by atoms with Crippen LogP contribution in [0.15, 0.2) is 65.6 Å². The number of benzene rings is 3. The van der Waals surface area contributed by atoms with Crippen molar-refractivity contribution in [3.63, 3.8) is 0 Å². The molecule has 3 aromatic heterocycles. The summed E-state index contributed by atoms with van der Waals surface area (Å²) in [5.74, 6) is -0.475. The Kier molecular flexibility index (Phi) is 4.94. The Bertz CT molecular complexity index is 1890. The van der Waals surface area contributed by atoms with E-state index in [2.05, 4.69) is 25.4 Å². The zero-order chi connectivity index (χ0) is 25.0. The minimum Gasteiger partial charge on any atom is -0.306 e. The van der Waals surface area contributed by atoms with Gasteiger partial charge in [-0.1, -0.05) is 22.9 Å². The van der Waals surface area contributed by atoms with Crippen LogP contribution in [0.3, 0.4) is 0 Å². The van der Waals surface area contributed by atoms with Crippen LogP contribution in [0.25, 0.3) is 39.0 Å². The number of halogens is 2. The zero-order valence-electron chi connectivity index (χ0n) is 18.7. The quantitative estimate of drug-likeness (QED) is 0.364. The minimum atomic E-state index is -0.475. The molecule has 0 fully saturated rings. The average Bonchev–Trinajstić information content (AvgIpc) is 3.60. The van der Waals surface area contributed by atoms with Crippen LogP contribution in [0.1, 0.15) is 24.1 Å². The molecule has 1 atom stereocenters. The van der Waals surface area contributed by atoms with Gasteiger partial charge in [-0.3, -0.25) is 4.68 Å². The summed E-state index contributed by atoms with van der Waals surface area (Å²) in [6.45, 7) is 1.83. The van der Waals surface area contributed by atoms with E-state index in [1.807, 2.05) is 31.2 Å². The van der Waals surface area contributed by atoms with Gasteiger partial charge in [0.05, 0.1) is 50.6 Å². The normalized spacial score (nSPS) is 12.3. The monoisotopic (exact) mass is 498 g/mol. The molecule has 176 valence electrons. The van der Waals surface area contributed by atoms with E-state index in [0.29, 0.717) is 44.0 Å². The molecule has 0 aliphatic heterocycles. The van der Waals surface area contributed by atoms with Gasteiger partial charge in [-0.05, 0) is 55.5 Å². The standard InChI is InChI=1S/C25H16ClFN8O/c1-13(17-4-2-14(12-28)8-19(17)27)34-22(6-7-29-34)15-9-18(26)24-23(10-15)35(33-32-24)16-3-5-20-21(11-16)31-25(36)30-20/h2-11,13H,1H3,(H2,30,31,36). The van der Waals surface area contributed by atoms with E-state index in [9.17, 15) is 9.18 Å². The van der Waals surface area contributed by atoms with Crippen LogP contribution in [-0.4, -0.2) is 34.7 Å². The third kappa shape index (κ3) is 3.45. The average molecular weight is 499 g/mol. The number of aromatic nitrogens is 7. The highest BCUT2D eigenvalue weighted by molar-refractivity contribution is 6.35. The smallest absolute Gasteiger partial charge is 0.306 e. The number of rotatable bonds is 4. The van der Waals surface area contributed by atoms with Gasteiger partial charge in [0.1, 0.15) is 11.3 Å². The SMILES string of the molecule is CC(c1ccc(C#N)cc1F)n1nccc1-c1cc(Cl)c2nnn(-c3ccc4[nH]c(=O)[nH]c4c3)c2c1. The second-order valence-electron chi connectivity index (χ2n) is 8.32. The fraction of sp³-hybridized carbons (Fsp3) is 0.0800. The molecule has 0 radical (unpaired) electrons. The molecule has 2 N–H and O–H groups in total. The number of nitrogens with one attached hydrogen (secondary N) is 2. The summed E-state index contributed by atoms with van der Waals surface area (Å²) in [6.07, 6.45) is 1.64. The van der Waals surface area contributed by atoms with Crippen LogP contribution in [-0.2, 0) is 0 Å². The van der Waals surface area contributed by atoms with E-state index in [1.54, 1.807) is 45.9 Å². The van der Waals surface area contributed by atoms with Crippen molar-refractivity contribution >= 4 is 33.7 Å². The highest BCUT2D eigenvalue weighted by Gasteiger charge is 2.20. The molecule has 0 aliphatic rings. The van der Waals surface area contributed by atoms with E-state index in [-0.39, 0.29) is 11.3 Å². The third-order valence-corrected chi connectivity index (χ3v) is 6.45. The lowest BCUT2D eigenvalue weighted by Crippen LogP contribution is -2.12. The number of aromatic amines is 2. The van der Waals surface area contributed by atoms with Crippen molar-refractivity contribution < 1.29 is 4.39 Å². The zero-order valence-corrected chi connectivity index (χ0v) is 19.5. The summed E-state index contributed by atoms with van der Waals surface area (Å²) in [7, 11) is 0. The first-order valence-corrected chi connectivity index (χ1v) is 11.3. The Morgan fingerprint density at radius 1 is 1.08 bits per heavy atom. The molecule has 0 saturated heterocycles. The van der Waals surface area contributed by atoms with Gasteiger partial charge in [0.2, 0.25) is 0 Å². The summed E-state index contributed by atoms with van der Waals surface area (Å²) in [5.41, 5.74) is 5.00. The minimum absolute atomic E-state index is 0.254. The Hall–Kier alpha value is -4.75. The molecule has 6 aromatic rings. The second-order valence-corrected chi connectivity index (χ2v) is 8.73. The molecule has 0 amide bonds. The number of nitrogens with zero attached hydrogens (tertiary/aromatic N) is 6. The van der Waals surface area contributed by atoms with E-state index in [4.69, 9.17) is 16.9 Å². The Morgan fingerprint density at radius 2 is 1.92 bits per heavy atom. The maximum absolute atomic E-state index is 14.7. The van der Waals surface area contributed by atoms with Crippen molar-refractivity contribution in [3.05, 3.63) is 93.2 Å².